The predicted octanol–water partition coefficient (Wildman–Crippen LogP) is 2.02. The molecule has 2 aromatic rings. The van der Waals surface area contributed by atoms with Gasteiger partial charge in [-0.25, -0.2) is 0 Å². The van der Waals surface area contributed by atoms with Gasteiger partial charge in [0.1, 0.15) is 13.2 Å². The van der Waals surface area contributed by atoms with Gasteiger partial charge in [0.05, 0.1) is 5.69 Å². The number of likely N-dealkylation sites (tertiary alicyclic amines) is 1. The average molecular weight is 371 g/mol. The van der Waals surface area contributed by atoms with Crippen LogP contribution >= 0.6 is 0 Å². The third-order valence-corrected chi connectivity index (χ3v) is 5.13. The maximum atomic E-state index is 5.72. The van der Waals surface area contributed by atoms with E-state index in [0.29, 0.717) is 19.1 Å². The van der Waals surface area contributed by atoms with E-state index in [1.54, 1.807) is 0 Å². The van der Waals surface area contributed by atoms with Gasteiger partial charge in [-0.3, -0.25) is 9.58 Å². The topological polar surface area (TPSA) is 55.7 Å². The molecule has 2 aliphatic heterocycles. The molecule has 2 aliphatic rings. The first-order chi connectivity index (χ1) is 13.2. The number of benzene rings is 1. The van der Waals surface area contributed by atoms with Gasteiger partial charge in [0.15, 0.2) is 11.5 Å². The van der Waals surface area contributed by atoms with Crippen LogP contribution in [-0.2, 0) is 19.6 Å². The molecule has 1 unspecified atom stereocenters. The molecular weight excluding hydrogens is 342 g/mol. The summed E-state index contributed by atoms with van der Waals surface area (Å²) in [6.45, 7) is 6.25. The predicted molar refractivity (Wildman–Crippen MR) is 103 cm³/mol. The number of hydrogen-bond donors (Lipinski definition) is 0. The summed E-state index contributed by atoms with van der Waals surface area (Å²) in [4.78, 5) is 4.65. The molecule has 0 saturated carbocycles. The third-order valence-electron chi connectivity index (χ3n) is 5.13. The van der Waals surface area contributed by atoms with Gasteiger partial charge in [-0.2, -0.15) is 0 Å². The van der Waals surface area contributed by atoms with E-state index in [4.69, 9.17) is 9.47 Å². The molecule has 3 heterocycles. The Labute approximate surface area is 160 Å². The summed E-state index contributed by atoms with van der Waals surface area (Å²) in [5.41, 5.74) is 2.32. The van der Waals surface area contributed by atoms with Gasteiger partial charge < -0.3 is 14.4 Å². The molecule has 0 N–H and O–H groups in total. The van der Waals surface area contributed by atoms with E-state index < -0.39 is 0 Å². The second-order valence-electron chi connectivity index (χ2n) is 7.89. The number of fused-ring (bicyclic) bond motifs is 1. The van der Waals surface area contributed by atoms with Crippen LogP contribution in [0.4, 0.5) is 0 Å². The van der Waals surface area contributed by atoms with Crippen LogP contribution in [0.2, 0.25) is 0 Å². The van der Waals surface area contributed by atoms with Crippen LogP contribution in [0, 0.1) is 5.92 Å². The van der Waals surface area contributed by atoms with Crippen LogP contribution in [-0.4, -0.2) is 65.2 Å². The Balaban J connectivity index is 1.33. The smallest absolute Gasteiger partial charge is 0.161 e. The molecule has 7 nitrogen and oxygen atoms in total. The molecule has 0 bridgehead atoms. The Morgan fingerprint density at radius 1 is 1.19 bits per heavy atom. The van der Waals surface area contributed by atoms with E-state index in [9.17, 15) is 0 Å². The first-order valence-corrected chi connectivity index (χ1v) is 9.80. The number of piperidine rings is 1. The first-order valence-electron chi connectivity index (χ1n) is 9.80. The lowest BCUT2D eigenvalue weighted by Gasteiger charge is -2.32. The van der Waals surface area contributed by atoms with Crippen LogP contribution in [0.25, 0.3) is 0 Å². The van der Waals surface area contributed by atoms with E-state index in [0.717, 1.165) is 49.9 Å². The highest BCUT2D eigenvalue weighted by Gasteiger charge is 2.22. The zero-order chi connectivity index (χ0) is 18.6. The molecule has 1 aromatic heterocycles. The summed E-state index contributed by atoms with van der Waals surface area (Å²) in [5, 5.41) is 8.59. The molecule has 0 amide bonds. The van der Waals surface area contributed by atoms with Crippen molar-refractivity contribution in [2.24, 2.45) is 5.92 Å². The SMILES string of the molecule is CN(C)Cc1cn(CC2CCCN(Cc3ccc4c(c3)OCCO4)C2)nn1. The molecule has 0 radical (unpaired) electrons. The summed E-state index contributed by atoms with van der Waals surface area (Å²) in [6.07, 6.45) is 4.56. The summed E-state index contributed by atoms with van der Waals surface area (Å²) in [5.74, 6) is 2.36. The highest BCUT2D eigenvalue weighted by Crippen LogP contribution is 2.31. The van der Waals surface area contributed by atoms with E-state index in [2.05, 4.69) is 52.5 Å². The molecule has 1 aromatic carbocycles. The van der Waals surface area contributed by atoms with Gasteiger partial charge in [0.2, 0.25) is 0 Å². The summed E-state index contributed by atoms with van der Waals surface area (Å²) in [7, 11) is 4.10. The Kier molecular flexibility index (Phi) is 5.59. The fraction of sp³-hybridized carbons (Fsp3) is 0.600. The second-order valence-corrected chi connectivity index (χ2v) is 7.89. The lowest BCUT2D eigenvalue weighted by Crippen LogP contribution is -2.36. The minimum Gasteiger partial charge on any atom is -0.486 e. The van der Waals surface area contributed by atoms with Gasteiger partial charge in [-0.15, -0.1) is 5.10 Å². The van der Waals surface area contributed by atoms with Crippen molar-refractivity contribution in [3.8, 4) is 11.5 Å². The van der Waals surface area contributed by atoms with Gasteiger partial charge in [0.25, 0.3) is 0 Å². The number of rotatable bonds is 6. The van der Waals surface area contributed by atoms with Crippen molar-refractivity contribution in [1.82, 2.24) is 24.8 Å². The molecule has 27 heavy (non-hydrogen) atoms. The standard InChI is InChI=1S/C20H29N5O2/c1-23(2)14-18-15-25(22-21-18)13-17-4-3-7-24(12-17)11-16-5-6-19-20(10-16)27-9-8-26-19/h5-6,10,15,17H,3-4,7-9,11-14H2,1-2H3. The van der Waals surface area contributed by atoms with Crippen molar-refractivity contribution in [2.75, 3.05) is 40.4 Å². The number of hydrogen-bond acceptors (Lipinski definition) is 6. The maximum Gasteiger partial charge on any atom is 0.161 e. The number of ether oxygens (including phenoxy) is 2. The molecule has 146 valence electrons. The maximum absolute atomic E-state index is 5.72. The molecule has 1 saturated heterocycles. The minimum atomic E-state index is 0.616. The molecule has 1 atom stereocenters. The Bertz CT molecular complexity index is 761. The fourth-order valence-corrected chi connectivity index (χ4v) is 3.98. The molecular formula is C20H29N5O2. The highest BCUT2D eigenvalue weighted by molar-refractivity contribution is 5.43. The highest BCUT2D eigenvalue weighted by atomic mass is 16.6. The number of aromatic nitrogens is 3. The molecule has 4 rings (SSSR count). The van der Waals surface area contributed by atoms with E-state index >= 15 is 0 Å². The first kappa shape index (κ1) is 18.3. The normalized spacial score (nSPS) is 20.2. The van der Waals surface area contributed by atoms with Crippen molar-refractivity contribution < 1.29 is 9.47 Å². The Morgan fingerprint density at radius 2 is 2.04 bits per heavy atom. The van der Waals surface area contributed by atoms with Crippen LogP contribution in [0.15, 0.2) is 24.4 Å². The molecule has 0 spiro atoms. The minimum absolute atomic E-state index is 0.616. The monoisotopic (exact) mass is 371 g/mol. The summed E-state index contributed by atoms with van der Waals surface area (Å²) >= 11 is 0. The van der Waals surface area contributed by atoms with Gasteiger partial charge in [-0.05, 0) is 57.1 Å². The second kappa shape index (κ2) is 8.27. The largest absolute Gasteiger partial charge is 0.486 e. The number of nitrogens with zero attached hydrogens (tertiary/aromatic N) is 5. The van der Waals surface area contributed by atoms with Crippen LogP contribution < -0.4 is 9.47 Å². The van der Waals surface area contributed by atoms with Crippen LogP contribution in [0.5, 0.6) is 11.5 Å². The molecule has 7 heteroatoms. The van der Waals surface area contributed by atoms with Crippen molar-refractivity contribution in [1.29, 1.82) is 0 Å². The quantitative estimate of drug-likeness (QED) is 0.774. The zero-order valence-corrected chi connectivity index (χ0v) is 16.3. The van der Waals surface area contributed by atoms with Crippen molar-refractivity contribution in [3.63, 3.8) is 0 Å². The lowest BCUT2D eigenvalue weighted by molar-refractivity contribution is 0.151. The fourth-order valence-electron chi connectivity index (χ4n) is 3.98. The lowest BCUT2D eigenvalue weighted by atomic mass is 9.97. The van der Waals surface area contributed by atoms with Gasteiger partial charge >= 0.3 is 0 Å². The summed E-state index contributed by atoms with van der Waals surface area (Å²) < 4.78 is 13.3. The zero-order valence-electron chi connectivity index (χ0n) is 16.3. The molecule has 0 aliphatic carbocycles. The van der Waals surface area contributed by atoms with E-state index in [-0.39, 0.29) is 0 Å². The van der Waals surface area contributed by atoms with E-state index in [1.165, 1.54) is 18.4 Å². The summed E-state index contributed by atoms with van der Waals surface area (Å²) in [6, 6.07) is 6.32. The van der Waals surface area contributed by atoms with Crippen LogP contribution in [0.1, 0.15) is 24.1 Å². The Hall–Kier alpha value is -2.12. The van der Waals surface area contributed by atoms with Crippen LogP contribution in [0.3, 0.4) is 0 Å². The van der Waals surface area contributed by atoms with Crippen molar-refractivity contribution in [2.45, 2.75) is 32.5 Å². The van der Waals surface area contributed by atoms with Gasteiger partial charge in [0, 0.05) is 32.4 Å². The van der Waals surface area contributed by atoms with Gasteiger partial charge in [-0.1, -0.05) is 11.3 Å². The van der Waals surface area contributed by atoms with Crippen molar-refractivity contribution >= 4 is 0 Å². The third kappa shape index (κ3) is 4.78. The van der Waals surface area contributed by atoms with E-state index in [1.807, 2.05) is 10.7 Å². The van der Waals surface area contributed by atoms with Crippen molar-refractivity contribution in [3.05, 3.63) is 35.7 Å². The Morgan fingerprint density at radius 3 is 2.89 bits per heavy atom. The molecule has 1 fully saturated rings. The average Bonchev–Trinajstić information content (AvgIpc) is 3.08.